The average molecular weight is 267 g/mol. The number of aromatic nitrogens is 1. The van der Waals surface area contributed by atoms with Gasteiger partial charge in [-0.05, 0) is 26.7 Å². The number of nitrogens with zero attached hydrogens (tertiary/aromatic N) is 2. The molecule has 2 rings (SSSR count). The Hall–Kier alpha value is -1.40. The van der Waals surface area contributed by atoms with Crippen molar-refractivity contribution in [3.63, 3.8) is 0 Å². The van der Waals surface area contributed by atoms with Gasteiger partial charge in [-0.1, -0.05) is 5.16 Å². The lowest BCUT2D eigenvalue weighted by molar-refractivity contribution is 0.0138. The van der Waals surface area contributed by atoms with Crippen molar-refractivity contribution in [1.82, 2.24) is 10.1 Å². The third-order valence-corrected chi connectivity index (χ3v) is 3.78. The zero-order valence-corrected chi connectivity index (χ0v) is 11.7. The molecule has 6 heteroatoms. The van der Waals surface area contributed by atoms with Crippen LogP contribution in [0.15, 0.2) is 4.52 Å². The molecule has 2 heterocycles. The van der Waals surface area contributed by atoms with Crippen LogP contribution in [0.25, 0.3) is 0 Å². The van der Waals surface area contributed by atoms with Gasteiger partial charge in [0.1, 0.15) is 11.3 Å². The van der Waals surface area contributed by atoms with Gasteiger partial charge in [-0.15, -0.1) is 0 Å². The summed E-state index contributed by atoms with van der Waals surface area (Å²) in [4.78, 5) is 14.4. The highest BCUT2D eigenvalue weighted by atomic mass is 16.5. The van der Waals surface area contributed by atoms with Gasteiger partial charge >= 0.3 is 0 Å². The molecule has 1 aromatic heterocycles. The lowest BCUT2D eigenvalue weighted by Crippen LogP contribution is -2.51. The quantitative estimate of drug-likeness (QED) is 0.878. The summed E-state index contributed by atoms with van der Waals surface area (Å²) in [5.41, 5.74) is 6.99. The standard InChI is InChI=1S/C13H21N3O3/c1-8-12(9(2)19-15-8)13(17)16-5-4-11(18-3)6-10(16)7-14/h10-11H,4-7,14H2,1-3H3. The zero-order chi connectivity index (χ0) is 14.0. The molecule has 0 aliphatic carbocycles. The molecule has 2 unspecified atom stereocenters. The van der Waals surface area contributed by atoms with Gasteiger partial charge in [-0.3, -0.25) is 4.79 Å². The number of ether oxygens (including phenoxy) is 1. The van der Waals surface area contributed by atoms with Crippen molar-refractivity contribution in [2.45, 2.75) is 38.8 Å². The number of carbonyl (C=O) groups excluding carboxylic acids is 1. The van der Waals surface area contributed by atoms with Crippen LogP contribution in [0.3, 0.4) is 0 Å². The van der Waals surface area contributed by atoms with Gasteiger partial charge in [-0.2, -0.15) is 0 Å². The second-order valence-electron chi connectivity index (χ2n) is 4.97. The Balaban J connectivity index is 2.19. The van der Waals surface area contributed by atoms with Crippen LogP contribution in [0, 0.1) is 13.8 Å². The number of rotatable bonds is 3. The Labute approximate surface area is 112 Å². The number of aryl methyl sites for hydroxylation is 2. The molecule has 1 saturated heterocycles. The first-order valence-electron chi connectivity index (χ1n) is 6.55. The Kier molecular flexibility index (Phi) is 4.21. The van der Waals surface area contributed by atoms with E-state index in [0.717, 1.165) is 12.8 Å². The lowest BCUT2D eigenvalue weighted by Gasteiger charge is -2.38. The first-order valence-corrected chi connectivity index (χ1v) is 6.55. The molecule has 0 aromatic carbocycles. The Bertz CT molecular complexity index is 438. The number of piperidine rings is 1. The first kappa shape index (κ1) is 14.0. The van der Waals surface area contributed by atoms with E-state index in [4.69, 9.17) is 15.0 Å². The fraction of sp³-hybridized carbons (Fsp3) is 0.692. The predicted octanol–water partition coefficient (Wildman–Crippen LogP) is 0.870. The number of likely N-dealkylation sites (tertiary alicyclic amines) is 1. The van der Waals surface area contributed by atoms with Crippen molar-refractivity contribution < 1.29 is 14.1 Å². The maximum Gasteiger partial charge on any atom is 0.259 e. The van der Waals surface area contributed by atoms with Gasteiger partial charge in [0.05, 0.1) is 11.8 Å². The van der Waals surface area contributed by atoms with Crippen molar-refractivity contribution >= 4 is 5.91 Å². The molecule has 1 aliphatic rings. The van der Waals surface area contributed by atoms with E-state index in [1.54, 1.807) is 21.0 Å². The SMILES string of the molecule is COC1CCN(C(=O)c2c(C)noc2C)C(CN)C1. The summed E-state index contributed by atoms with van der Waals surface area (Å²) in [5, 5.41) is 3.84. The van der Waals surface area contributed by atoms with Gasteiger partial charge in [0.15, 0.2) is 0 Å². The third-order valence-electron chi connectivity index (χ3n) is 3.78. The molecule has 0 saturated carbocycles. The summed E-state index contributed by atoms with van der Waals surface area (Å²) in [7, 11) is 1.70. The van der Waals surface area contributed by atoms with Gasteiger partial charge < -0.3 is 19.9 Å². The molecular weight excluding hydrogens is 246 g/mol. The average Bonchev–Trinajstić information content (AvgIpc) is 2.76. The van der Waals surface area contributed by atoms with Crippen molar-refractivity contribution in [1.29, 1.82) is 0 Å². The van der Waals surface area contributed by atoms with Crippen molar-refractivity contribution in [3.8, 4) is 0 Å². The number of methoxy groups -OCH3 is 1. The summed E-state index contributed by atoms with van der Waals surface area (Å²) >= 11 is 0. The highest BCUT2D eigenvalue weighted by molar-refractivity contribution is 5.96. The molecule has 1 aliphatic heterocycles. The summed E-state index contributed by atoms with van der Waals surface area (Å²) in [5.74, 6) is 0.522. The van der Waals surface area contributed by atoms with E-state index in [1.807, 2.05) is 4.90 Å². The minimum Gasteiger partial charge on any atom is -0.381 e. The summed E-state index contributed by atoms with van der Waals surface area (Å²) in [6, 6.07) is 0.0138. The molecule has 1 fully saturated rings. The van der Waals surface area contributed by atoms with Crippen LogP contribution in [-0.4, -0.2) is 48.3 Å². The lowest BCUT2D eigenvalue weighted by atomic mass is 9.98. The smallest absolute Gasteiger partial charge is 0.259 e. The number of hydrogen-bond donors (Lipinski definition) is 1. The molecule has 6 nitrogen and oxygen atoms in total. The fourth-order valence-corrected chi connectivity index (χ4v) is 2.65. The molecule has 2 N–H and O–H groups in total. The molecule has 1 amide bonds. The van der Waals surface area contributed by atoms with Gasteiger partial charge in [0, 0.05) is 26.2 Å². The minimum atomic E-state index is -0.0405. The van der Waals surface area contributed by atoms with E-state index in [0.29, 0.717) is 30.1 Å². The van der Waals surface area contributed by atoms with Crippen LogP contribution in [0.4, 0.5) is 0 Å². The molecule has 1 aromatic rings. The van der Waals surface area contributed by atoms with Crippen LogP contribution in [-0.2, 0) is 4.74 Å². The van der Waals surface area contributed by atoms with Gasteiger partial charge in [0.2, 0.25) is 0 Å². The maximum atomic E-state index is 12.6. The molecule has 0 radical (unpaired) electrons. The second kappa shape index (κ2) is 5.71. The summed E-state index contributed by atoms with van der Waals surface area (Å²) < 4.78 is 10.4. The highest BCUT2D eigenvalue weighted by Gasteiger charge is 2.33. The Morgan fingerprint density at radius 2 is 2.32 bits per heavy atom. The molecule has 0 spiro atoms. The van der Waals surface area contributed by atoms with Crippen LogP contribution < -0.4 is 5.73 Å². The molecule has 2 atom stereocenters. The number of amides is 1. The predicted molar refractivity (Wildman–Crippen MR) is 69.9 cm³/mol. The number of carbonyl (C=O) groups is 1. The van der Waals surface area contributed by atoms with Crippen molar-refractivity contribution in [2.75, 3.05) is 20.2 Å². The van der Waals surface area contributed by atoms with E-state index in [1.165, 1.54) is 0 Å². The largest absolute Gasteiger partial charge is 0.381 e. The second-order valence-corrected chi connectivity index (χ2v) is 4.97. The minimum absolute atomic E-state index is 0.0138. The molecular formula is C13H21N3O3. The highest BCUT2D eigenvalue weighted by Crippen LogP contribution is 2.23. The van der Waals surface area contributed by atoms with Crippen molar-refractivity contribution in [2.24, 2.45) is 5.73 Å². The van der Waals surface area contributed by atoms with Crippen LogP contribution >= 0.6 is 0 Å². The van der Waals surface area contributed by atoms with Gasteiger partial charge in [0.25, 0.3) is 5.91 Å². The van der Waals surface area contributed by atoms with E-state index >= 15 is 0 Å². The monoisotopic (exact) mass is 267 g/mol. The summed E-state index contributed by atoms with van der Waals surface area (Å²) in [6.45, 7) is 4.63. The van der Waals surface area contributed by atoms with E-state index in [2.05, 4.69) is 5.16 Å². The van der Waals surface area contributed by atoms with Crippen LogP contribution in [0.5, 0.6) is 0 Å². The summed E-state index contributed by atoms with van der Waals surface area (Å²) in [6.07, 6.45) is 1.80. The van der Waals surface area contributed by atoms with E-state index < -0.39 is 0 Å². The Morgan fingerprint density at radius 1 is 1.58 bits per heavy atom. The normalized spacial score (nSPS) is 23.7. The fourth-order valence-electron chi connectivity index (χ4n) is 2.65. The van der Waals surface area contributed by atoms with E-state index in [9.17, 15) is 4.79 Å². The molecule has 106 valence electrons. The zero-order valence-electron chi connectivity index (χ0n) is 11.7. The van der Waals surface area contributed by atoms with E-state index in [-0.39, 0.29) is 18.1 Å². The third kappa shape index (κ3) is 2.64. The van der Waals surface area contributed by atoms with Crippen LogP contribution in [0.2, 0.25) is 0 Å². The van der Waals surface area contributed by atoms with Crippen LogP contribution in [0.1, 0.15) is 34.7 Å². The van der Waals surface area contributed by atoms with Gasteiger partial charge in [-0.25, -0.2) is 0 Å². The number of nitrogens with two attached hydrogens (primary N) is 1. The Morgan fingerprint density at radius 3 is 2.84 bits per heavy atom. The molecule has 19 heavy (non-hydrogen) atoms. The number of hydrogen-bond acceptors (Lipinski definition) is 5. The van der Waals surface area contributed by atoms with Crippen molar-refractivity contribution in [3.05, 3.63) is 17.0 Å². The topological polar surface area (TPSA) is 81.6 Å². The molecule has 0 bridgehead atoms. The maximum absolute atomic E-state index is 12.6. The first-order chi connectivity index (χ1) is 9.08.